The number of hydrogen-bond donors (Lipinski definition) is 1. The van der Waals surface area contributed by atoms with Gasteiger partial charge in [-0.15, -0.1) is 5.10 Å². The number of nitrogens with one attached hydrogen (secondary N) is 1. The summed E-state index contributed by atoms with van der Waals surface area (Å²) in [5, 5.41) is 11.1. The summed E-state index contributed by atoms with van der Waals surface area (Å²) in [5.41, 5.74) is 2.20. The Kier molecular flexibility index (Phi) is 3.50. The van der Waals surface area contributed by atoms with Gasteiger partial charge in [0.05, 0.1) is 18.6 Å². The van der Waals surface area contributed by atoms with Gasteiger partial charge in [-0.05, 0) is 42.2 Å². The fraction of sp³-hybridized carbons (Fsp3) is 0.308. The van der Waals surface area contributed by atoms with E-state index in [4.69, 9.17) is 4.74 Å². The molecule has 2 heterocycles. The lowest BCUT2D eigenvalue weighted by Crippen LogP contribution is -2.19. The molecular formula is C13H13N3O2S. The van der Waals surface area contributed by atoms with Gasteiger partial charge in [-0.3, -0.25) is 4.79 Å². The molecule has 2 aliphatic heterocycles. The molecular weight excluding hydrogens is 262 g/mol. The van der Waals surface area contributed by atoms with Gasteiger partial charge in [-0.1, -0.05) is 11.8 Å². The first-order valence-corrected chi connectivity index (χ1v) is 7.09. The van der Waals surface area contributed by atoms with Crippen molar-refractivity contribution in [2.24, 2.45) is 10.2 Å². The number of nitrogens with zero attached hydrogens (tertiary/aromatic N) is 2. The first-order valence-electron chi connectivity index (χ1n) is 6.11. The van der Waals surface area contributed by atoms with Crippen molar-refractivity contribution in [2.75, 3.05) is 12.4 Å². The molecule has 98 valence electrons. The van der Waals surface area contributed by atoms with Crippen LogP contribution in [0.25, 0.3) is 0 Å². The van der Waals surface area contributed by atoms with E-state index in [1.54, 1.807) is 6.21 Å². The number of hydrogen-bond acceptors (Lipinski definition) is 5. The lowest BCUT2D eigenvalue weighted by molar-refractivity contribution is -0.116. The zero-order valence-electron chi connectivity index (χ0n) is 10.3. The molecule has 1 aromatic carbocycles. The predicted octanol–water partition coefficient (Wildman–Crippen LogP) is 1.56. The number of carbonyl (C=O) groups excluding carboxylic acids is 1. The van der Waals surface area contributed by atoms with Gasteiger partial charge < -0.3 is 10.1 Å². The van der Waals surface area contributed by atoms with Crippen molar-refractivity contribution < 1.29 is 9.53 Å². The number of ether oxygens (including phenoxy) is 1. The van der Waals surface area contributed by atoms with Gasteiger partial charge in [0, 0.05) is 0 Å². The van der Waals surface area contributed by atoms with Crippen LogP contribution in [0, 0.1) is 0 Å². The highest BCUT2D eigenvalue weighted by Crippen LogP contribution is 2.24. The summed E-state index contributed by atoms with van der Waals surface area (Å²) in [5.74, 6) is 1.36. The van der Waals surface area contributed by atoms with Crippen LogP contribution >= 0.6 is 11.8 Å². The van der Waals surface area contributed by atoms with E-state index in [9.17, 15) is 4.79 Å². The molecule has 0 unspecified atom stereocenters. The third-order valence-electron chi connectivity index (χ3n) is 2.87. The smallest absolute Gasteiger partial charge is 0.236 e. The SMILES string of the molecule is O=C1CSC(=NN=Cc2ccc3c(c2)CCCO3)N1. The van der Waals surface area contributed by atoms with Gasteiger partial charge in [-0.25, -0.2) is 0 Å². The van der Waals surface area contributed by atoms with Crippen molar-refractivity contribution in [3.05, 3.63) is 29.3 Å². The molecule has 6 heteroatoms. The molecule has 3 rings (SSSR count). The zero-order chi connectivity index (χ0) is 13.1. The number of fused-ring (bicyclic) bond motifs is 1. The Bertz CT molecular complexity index is 569. The summed E-state index contributed by atoms with van der Waals surface area (Å²) in [6.45, 7) is 0.797. The highest BCUT2D eigenvalue weighted by molar-refractivity contribution is 8.15. The highest BCUT2D eigenvalue weighted by Gasteiger charge is 2.16. The number of rotatable bonds is 2. The van der Waals surface area contributed by atoms with Gasteiger partial charge in [0.2, 0.25) is 5.91 Å². The van der Waals surface area contributed by atoms with E-state index in [0.29, 0.717) is 10.9 Å². The van der Waals surface area contributed by atoms with E-state index in [1.807, 2.05) is 12.1 Å². The van der Waals surface area contributed by atoms with Crippen LogP contribution in [-0.4, -0.2) is 29.6 Å². The van der Waals surface area contributed by atoms with Crippen molar-refractivity contribution in [2.45, 2.75) is 12.8 Å². The van der Waals surface area contributed by atoms with Crippen LogP contribution in [0.2, 0.25) is 0 Å². The van der Waals surface area contributed by atoms with Crippen LogP contribution < -0.4 is 10.1 Å². The molecule has 0 aromatic heterocycles. The average Bonchev–Trinajstić information content (AvgIpc) is 2.84. The van der Waals surface area contributed by atoms with Crippen molar-refractivity contribution in [1.82, 2.24) is 5.32 Å². The number of carbonyl (C=O) groups is 1. The van der Waals surface area contributed by atoms with Crippen LogP contribution in [0.1, 0.15) is 17.5 Å². The third kappa shape index (κ3) is 2.96. The standard InChI is InChI=1S/C13H13N3O2S/c17-12-8-19-13(15-12)16-14-7-9-3-4-11-10(6-9)2-1-5-18-11/h3-4,6-7H,1-2,5,8H2,(H,15,16,17). The Labute approximate surface area is 115 Å². The van der Waals surface area contributed by atoms with Crippen LogP contribution in [0.3, 0.4) is 0 Å². The second-order valence-corrected chi connectivity index (χ2v) is 5.27. The molecule has 5 nitrogen and oxygen atoms in total. The van der Waals surface area contributed by atoms with E-state index >= 15 is 0 Å². The lowest BCUT2D eigenvalue weighted by atomic mass is 10.0. The Morgan fingerprint density at radius 2 is 2.37 bits per heavy atom. The summed E-state index contributed by atoms with van der Waals surface area (Å²) in [6, 6.07) is 5.99. The largest absolute Gasteiger partial charge is 0.493 e. The summed E-state index contributed by atoms with van der Waals surface area (Å²) < 4.78 is 5.55. The summed E-state index contributed by atoms with van der Waals surface area (Å²) in [7, 11) is 0. The molecule has 0 atom stereocenters. The maximum atomic E-state index is 11.0. The maximum Gasteiger partial charge on any atom is 0.236 e. The molecule has 1 aromatic rings. The number of amides is 1. The van der Waals surface area contributed by atoms with Gasteiger partial charge >= 0.3 is 0 Å². The molecule has 0 radical (unpaired) electrons. The quantitative estimate of drug-likeness (QED) is 0.658. The molecule has 1 fully saturated rings. The van der Waals surface area contributed by atoms with Crippen LogP contribution in [-0.2, 0) is 11.2 Å². The molecule has 1 saturated heterocycles. The van der Waals surface area contributed by atoms with Crippen molar-refractivity contribution in [3.63, 3.8) is 0 Å². The van der Waals surface area contributed by atoms with Crippen LogP contribution in [0.15, 0.2) is 28.4 Å². The number of benzene rings is 1. The monoisotopic (exact) mass is 275 g/mol. The third-order valence-corrected chi connectivity index (χ3v) is 3.74. The van der Waals surface area contributed by atoms with Gasteiger partial charge in [0.1, 0.15) is 5.75 Å². The molecule has 1 N–H and O–H groups in total. The number of aryl methyl sites for hydroxylation is 1. The van der Waals surface area contributed by atoms with Crippen molar-refractivity contribution in [3.8, 4) is 5.75 Å². The van der Waals surface area contributed by atoms with Crippen LogP contribution in [0.5, 0.6) is 5.75 Å². The second kappa shape index (κ2) is 5.44. The minimum absolute atomic E-state index is 0.0233. The lowest BCUT2D eigenvalue weighted by Gasteiger charge is -2.16. The average molecular weight is 275 g/mol. The van der Waals surface area contributed by atoms with E-state index in [1.165, 1.54) is 17.3 Å². The fourth-order valence-corrected chi connectivity index (χ4v) is 2.62. The minimum Gasteiger partial charge on any atom is -0.493 e. The molecule has 0 spiro atoms. The van der Waals surface area contributed by atoms with Crippen molar-refractivity contribution in [1.29, 1.82) is 0 Å². The number of thioether (sulfide) groups is 1. The summed E-state index contributed by atoms with van der Waals surface area (Å²) in [6.07, 6.45) is 3.78. The normalized spacial score (nSPS) is 20.4. The molecule has 0 aliphatic carbocycles. The van der Waals surface area contributed by atoms with E-state index in [-0.39, 0.29) is 5.91 Å². The fourth-order valence-electron chi connectivity index (χ4n) is 1.99. The Morgan fingerprint density at radius 1 is 1.42 bits per heavy atom. The Hall–Kier alpha value is -1.82. The summed E-state index contributed by atoms with van der Waals surface area (Å²) in [4.78, 5) is 11.0. The summed E-state index contributed by atoms with van der Waals surface area (Å²) >= 11 is 1.36. The highest BCUT2D eigenvalue weighted by atomic mass is 32.2. The first kappa shape index (κ1) is 12.2. The van der Waals surface area contributed by atoms with Gasteiger partial charge in [0.15, 0.2) is 5.17 Å². The number of amidine groups is 1. The van der Waals surface area contributed by atoms with Crippen molar-refractivity contribution >= 4 is 29.1 Å². The topological polar surface area (TPSA) is 63.0 Å². The maximum absolute atomic E-state index is 11.0. The molecule has 19 heavy (non-hydrogen) atoms. The first-order chi connectivity index (χ1) is 9.31. The molecule has 2 aliphatic rings. The van der Waals surface area contributed by atoms with E-state index in [0.717, 1.165) is 30.8 Å². The Balaban J connectivity index is 1.71. The van der Waals surface area contributed by atoms with E-state index < -0.39 is 0 Å². The Morgan fingerprint density at radius 3 is 3.21 bits per heavy atom. The van der Waals surface area contributed by atoms with E-state index in [2.05, 4.69) is 21.6 Å². The minimum atomic E-state index is -0.0233. The second-order valence-electron chi connectivity index (χ2n) is 4.31. The van der Waals surface area contributed by atoms with Crippen LogP contribution in [0.4, 0.5) is 0 Å². The van der Waals surface area contributed by atoms with Gasteiger partial charge in [-0.2, -0.15) is 5.10 Å². The molecule has 1 amide bonds. The predicted molar refractivity (Wildman–Crippen MR) is 75.9 cm³/mol. The zero-order valence-corrected chi connectivity index (χ0v) is 11.1. The molecule has 0 saturated carbocycles. The molecule has 0 bridgehead atoms. The van der Waals surface area contributed by atoms with Gasteiger partial charge in [0.25, 0.3) is 0 Å².